The summed E-state index contributed by atoms with van der Waals surface area (Å²) in [6, 6.07) is 2.45. The first kappa shape index (κ1) is 9.16. The predicted molar refractivity (Wildman–Crippen MR) is 60.2 cm³/mol. The van der Waals surface area contributed by atoms with E-state index in [1.54, 1.807) is 0 Å². The molecule has 2 aromatic rings. The first-order valence-corrected chi connectivity index (χ1v) is 5.63. The number of fused-ring (bicyclic) bond motifs is 1. The molecule has 0 unspecified atom stereocenters. The average Bonchev–Trinajstić information content (AvgIpc) is 2.46. The minimum Gasteiger partial charge on any atom is -0.312 e. The Hall–Kier alpha value is -1.09. The van der Waals surface area contributed by atoms with Gasteiger partial charge < -0.3 is 4.57 Å². The predicted octanol–water partition coefficient (Wildman–Crippen LogP) is 3.12. The summed E-state index contributed by atoms with van der Waals surface area (Å²) in [5.74, 6) is 0. The molecule has 78 valence electrons. The van der Waals surface area contributed by atoms with Crippen LogP contribution in [0.25, 0.3) is 11.2 Å². The van der Waals surface area contributed by atoms with Gasteiger partial charge in [0.15, 0.2) is 5.65 Å². The Labute approximate surface area is 93.1 Å². The summed E-state index contributed by atoms with van der Waals surface area (Å²) in [5.41, 5.74) is 3.01. The summed E-state index contributed by atoms with van der Waals surface area (Å²) in [6.07, 6.45) is 5.67. The van der Waals surface area contributed by atoms with Crippen LogP contribution in [0.2, 0.25) is 5.15 Å². The van der Waals surface area contributed by atoms with Gasteiger partial charge in [-0.05, 0) is 37.8 Å². The zero-order chi connectivity index (χ0) is 10.4. The Balaban J connectivity index is 2.23. The summed E-state index contributed by atoms with van der Waals surface area (Å²) >= 11 is 5.97. The lowest BCUT2D eigenvalue weighted by Gasteiger charge is -2.26. The number of hydrogen-bond acceptors (Lipinski definition) is 2. The van der Waals surface area contributed by atoms with E-state index in [0.717, 1.165) is 16.7 Å². The molecule has 2 heterocycles. The van der Waals surface area contributed by atoms with E-state index in [0.29, 0.717) is 11.2 Å². The maximum absolute atomic E-state index is 5.97. The maximum atomic E-state index is 5.97. The lowest BCUT2D eigenvalue weighted by atomic mass is 9.93. The largest absolute Gasteiger partial charge is 0.312 e. The minimum atomic E-state index is 0.557. The second-order valence-corrected chi connectivity index (χ2v) is 4.56. The van der Waals surface area contributed by atoms with E-state index >= 15 is 0 Å². The summed E-state index contributed by atoms with van der Waals surface area (Å²) < 4.78 is 2.16. The van der Waals surface area contributed by atoms with Gasteiger partial charge in [-0.25, -0.2) is 9.97 Å². The number of rotatable bonds is 1. The molecule has 0 aliphatic heterocycles. The Kier molecular flexibility index (Phi) is 1.96. The van der Waals surface area contributed by atoms with E-state index in [-0.39, 0.29) is 0 Å². The fourth-order valence-corrected chi connectivity index (χ4v) is 2.30. The van der Waals surface area contributed by atoms with Gasteiger partial charge in [-0.3, -0.25) is 0 Å². The van der Waals surface area contributed by atoms with Gasteiger partial charge in [-0.2, -0.15) is 0 Å². The van der Waals surface area contributed by atoms with Crippen LogP contribution in [0.4, 0.5) is 0 Å². The zero-order valence-corrected chi connectivity index (χ0v) is 9.33. The monoisotopic (exact) mass is 221 g/mol. The molecule has 0 amide bonds. The number of imidazole rings is 1. The topological polar surface area (TPSA) is 30.7 Å². The Morgan fingerprint density at radius 1 is 1.47 bits per heavy atom. The SMILES string of the molecule is Cc1cc(Cl)nc2c1ncn2C1CCC1. The molecule has 4 heteroatoms. The lowest BCUT2D eigenvalue weighted by molar-refractivity contribution is 0.319. The zero-order valence-electron chi connectivity index (χ0n) is 8.57. The smallest absolute Gasteiger partial charge is 0.162 e. The quantitative estimate of drug-likeness (QED) is 0.693. The van der Waals surface area contributed by atoms with Crippen molar-refractivity contribution in [3.63, 3.8) is 0 Å². The highest BCUT2D eigenvalue weighted by atomic mass is 35.5. The molecule has 1 aliphatic rings. The van der Waals surface area contributed by atoms with Gasteiger partial charge in [0, 0.05) is 6.04 Å². The summed E-state index contributed by atoms with van der Waals surface area (Å²) in [4.78, 5) is 8.77. The van der Waals surface area contributed by atoms with Crippen LogP contribution < -0.4 is 0 Å². The van der Waals surface area contributed by atoms with Crippen molar-refractivity contribution in [2.75, 3.05) is 0 Å². The molecule has 15 heavy (non-hydrogen) atoms. The first-order valence-electron chi connectivity index (χ1n) is 5.25. The molecule has 0 N–H and O–H groups in total. The fourth-order valence-electron chi connectivity index (χ4n) is 2.06. The number of halogens is 1. The second-order valence-electron chi connectivity index (χ2n) is 4.17. The van der Waals surface area contributed by atoms with Crippen molar-refractivity contribution >= 4 is 22.8 Å². The molecule has 1 fully saturated rings. The molecule has 0 spiro atoms. The lowest BCUT2D eigenvalue weighted by Crippen LogP contribution is -2.16. The Morgan fingerprint density at radius 2 is 2.27 bits per heavy atom. The molecule has 0 saturated heterocycles. The van der Waals surface area contributed by atoms with Crippen molar-refractivity contribution in [2.45, 2.75) is 32.2 Å². The Bertz CT molecular complexity index is 514. The molecular formula is C11H12ClN3. The fraction of sp³-hybridized carbons (Fsp3) is 0.455. The molecule has 3 nitrogen and oxygen atoms in total. The van der Waals surface area contributed by atoms with Crippen LogP contribution in [-0.4, -0.2) is 14.5 Å². The maximum Gasteiger partial charge on any atom is 0.162 e. The third-order valence-corrected chi connectivity index (χ3v) is 3.35. The van der Waals surface area contributed by atoms with Gasteiger partial charge in [-0.1, -0.05) is 11.6 Å². The molecular weight excluding hydrogens is 210 g/mol. The van der Waals surface area contributed by atoms with Crippen molar-refractivity contribution in [3.8, 4) is 0 Å². The van der Waals surface area contributed by atoms with Crippen LogP contribution in [0, 0.1) is 6.92 Å². The molecule has 2 aromatic heterocycles. The number of hydrogen-bond donors (Lipinski definition) is 0. The van der Waals surface area contributed by atoms with Crippen molar-refractivity contribution in [2.24, 2.45) is 0 Å². The molecule has 0 aromatic carbocycles. The van der Waals surface area contributed by atoms with Crippen molar-refractivity contribution in [3.05, 3.63) is 23.1 Å². The van der Waals surface area contributed by atoms with E-state index in [1.807, 2.05) is 19.3 Å². The van der Waals surface area contributed by atoms with Crippen LogP contribution in [-0.2, 0) is 0 Å². The van der Waals surface area contributed by atoms with Crippen molar-refractivity contribution in [1.29, 1.82) is 0 Å². The third-order valence-electron chi connectivity index (χ3n) is 3.16. The number of nitrogens with zero attached hydrogens (tertiary/aromatic N) is 3. The average molecular weight is 222 g/mol. The summed E-state index contributed by atoms with van der Waals surface area (Å²) in [7, 11) is 0. The number of aryl methyl sites for hydroxylation is 1. The van der Waals surface area contributed by atoms with E-state index in [1.165, 1.54) is 19.3 Å². The van der Waals surface area contributed by atoms with Gasteiger partial charge in [0.1, 0.15) is 10.7 Å². The highest BCUT2D eigenvalue weighted by molar-refractivity contribution is 6.29. The molecule has 1 saturated carbocycles. The standard InChI is InChI=1S/C11H12ClN3/c1-7-5-9(12)14-11-10(7)13-6-15(11)8-3-2-4-8/h5-6,8H,2-4H2,1H3. The molecule has 0 radical (unpaired) electrons. The molecule has 1 aliphatic carbocycles. The van der Waals surface area contributed by atoms with E-state index < -0.39 is 0 Å². The van der Waals surface area contributed by atoms with Gasteiger partial charge in [0.25, 0.3) is 0 Å². The van der Waals surface area contributed by atoms with E-state index in [2.05, 4.69) is 14.5 Å². The molecule has 0 bridgehead atoms. The highest BCUT2D eigenvalue weighted by Gasteiger charge is 2.22. The molecule has 3 rings (SSSR count). The van der Waals surface area contributed by atoms with Crippen LogP contribution in [0.1, 0.15) is 30.9 Å². The van der Waals surface area contributed by atoms with Gasteiger partial charge in [0.2, 0.25) is 0 Å². The number of pyridine rings is 1. The second kappa shape index (κ2) is 3.20. The van der Waals surface area contributed by atoms with E-state index in [9.17, 15) is 0 Å². The highest BCUT2D eigenvalue weighted by Crippen LogP contribution is 2.34. The van der Waals surface area contributed by atoms with E-state index in [4.69, 9.17) is 11.6 Å². The Morgan fingerprint density at radius 3 is 2.93 bits per heavy atom. The van der Waals surface area contributed by atoms with Crippen LogP contribution in [0.15, 0.2) is 12.4 Å². The number of aromatic nitrogens is 3. The van der Waals surface area contributed by atoms with Crippen LogP contribution in [0.3, 0.4) is 0 Å². The van der Waals surface area contributed by atoms with Crippen molar-refractivity contribution in [1.82, 2.24) is 14.5 Å². The van der Waals surface area contributed by atoms with Crippen LogP contribution >= 0.6 is 11.6 Å². The normalized spacial score (nSPS) is 16.9. The van der Waals surface area contributed by atoms with Gasteiger partial charge >= 0.3 is 0 Å². The van der Waals surface area contributed by atoms with Gasteiger partial charge in [-0.15, -0.1) is 0 Å². The first-order chi connectivity index (χ1) is 7.25. The van der Waals surface area contributed by atoms with Gasteiger partial charge in [0.05, 0.1) is 6.33 Å². The summed E-state index contributed by atoms with van der Waals surface area (Å²) in [6.45, 7) is 2.02. The summed E-state index contributed by atoms with van der Waals surface area (Å²) in [5, 5.41) is 0.557. The third kappa shape index (κ3) is 1.34. The minimum absolute atomic E-state index is 0.557. The molecule has 0 atom stereocenters. The van der Waals surface area contributed by atoms with Crippen LogP contribution in [0.5, 0.6) is 0 Å². The van der Waals surface area contributed by atoms with Crippen molar-refractivity contribution < 1.29 is 0 Å².